The smallest absolute Gasteiger partial charge is 0.225 e. The van der Waals surface area contributed by atoms with Crippen molar-refractivity contribution in [2.45, 2.75) is 39.3 Å². The molecular formula is C13H22N4O. The van der Waals surface area contributed by atoms with Gasteiger partial charge in [0.15, 0.2) is 0 Å². The molecule has 0 radical (unpaired) electrons. The average Bonchev–Trinajstić information content (AvgIpc) is 2.87. The zero-order valence-corrected chi connectivity index (χ0v) is 11.5. The first-order valence-electron chi connectivity index (χ1n) is 6.53. The van der Waals surface area contributed by atoms with Crippen LogP contribution in [0.5, 0.6) is 0 Å². The fourth-order valence-corrected chi connectivity index (χ4v) is 2.56. The number of aryl methyl sites for hydroxylation is 1. The maximum absolute atomic E-state index is 12.2. The van der Waals surface area contributed by atoms with Crippen molar-refractivity contribution in [3.8, 4) is 0 Å². The van der Waals surface area contributed by atoms with Gasteiger partial charge in [-0.15, -0.1) is 0 Å². The summed E-state index contributed by atoms with van der Waals surface area (Å²) < 4.78 is 1.83. The third-order valence-electron chi connectivity index (χ3n) is 3.96. The van der Waals surface area contributed by atoms with Crippen LogP contribution in [0.25, 0.3) is 0 Å². The molecule has 0 spiro atoms. The Kier molecular flexibility index (Phi) is 3.71. The zero-order chi connectivity index (χ0) is 13.3. The van der Waals surface area contributed by atoms with Gasteiger partial charge in [0, 0.05) is 24.3 Å². The van der Waals surface area contributed by atoms with Crippen LogP contribution in [0.1, 0.15) is 37.6 Å². The number of carbonyl (C=O) groups is 1. The molecule has 2 N–H and O–H groups in total. The average molecular weight is 250 g/mol. The number of rotatable bonds is 3. The Hall–Kier alpha value is -1.36. The number of hydrogen-bond donors (Lipinski definition) is 2. The van der Waals surface area contributed by atoms with Gasteiger partial charge in [0.05, 0.1) is 18.2 Å². The Morgan fingerprint density at radius 3 is 2.89 bits per heavy atom. The molecule has 1 fully saturated rings. The second kappa shape index (κ2) is 5.10. The summed E-state index contributed by atoms with van der Waals surface area (Å²) in [6, 6.07) is 0.284. The normalized spacial score (nSPS) is 25.1. The molecule has 1 aromatic heterocycles. The van der Waals surface area contributed by atoms with E-state index in [2.05, 4.69) is 22.7 Å². The Morgan fingerprint density at radius 1 is 1.67 bits per heavy atom. The third kappa shape index (κ3) is 2.41. The lowest BCUT2D eigenvalue weighted by atomic mass is 10.00. The fourth-order valence-electron chi connectivity index (χ4n) is 2.56. The third-order valence-corrected chi connectivity index (χ3v) is 3.96. The van der Waals surface area contributed by atoms with Crippen LogP contribution >= 0.6 is 0 Å². The van der Waals surface area contributed by atoms with Crippen LogP contribution < -0.4 is 10.6 Å². The second-order valence-electron chi connectivity index (χ2n) is 5.18. The second-order valence-corrected chi connectivity index (χ2v) is 5.18. The van der Waals surface area contributed by atoms with E-state index < -0.39 is 0 Å². The molecule has 2 rings (SSSR count). The van der Waals surface area contributed by atoms with Crippen molar-refractivity contribution >= 4 is 5.91 Å². The van der Waals surface area contributed by atoms with Gasteiger partial charge < -0.3 is 10.6 Å². The lowest BCUT2D eigenvalue weighted by Crippen LogP contribution is -2.38. The number of aromatic nitrogens is 2. The molecule has 100 valence electrons. The van der Waals surface area contributed by atoms with Crippen molar-refractivity contribution in [2.24, 2.45) is 13.0 Å². The maximum Gasteiger partial charge on any atom is 0.225 e. The highest BCUT2D eigenvalue weighted by atomic mass is 16.2. The van der Waals surface area contributed by atoms with E-state index in [9.17, 15) is 4.79 Å². The van der Waals surface area contributed by atoms with Crippen LogP contribution in [0.4, 0.5) is 0 Å². The van der Waals surface area contributed by atoms with Gasteiger partial charge in [-0.05, 0) is 33.7 Å². The van der Waals surface area contributed by atoms with Crippen LogP contribution in [-0.2, 0) is 11.8 Å². The van der Waals surface area contributed by atoms with E-state index in [0.717, 1.165) is 24.2 Å². The molecule has 0 bridgehead atoms. The molecule has 1 amide bonds. The van der Waals surface area contributed by atoms with Crippen LogP contribution in [0.3, 0.4) is 0 Å². The predicted octanol–water partition coefficient (Wildman–Crippen LogP) is 0.904. The summed E-state index contributed by atoms with van der Waals surface area (Å²) in [5.74, 6) is 0.229. The molecule has 0 aliphatic carbocycles. The minimum absolute atomic E-state index is 0.0130. The quantitative estimate of drug-likeness (QED) is 0.838. The Balaban J connectivity index is 2.01. The predicted molar refractivity (Wildman–Crippen MR) is 70.1 cm³/mol. The lowest BCUT2D eigenvalue weighted by Gasteiger charge is -2.19. The van der Waals surface area contributed by atoms with Crippen molar-refractivity contribution in [1.82, 2.24) is 20.4 Å². The van der Waals surface area contributed by atoms with Crippen LogP contribution in [0, 0.1) is 12.8 Å². The molecular weight excluding hydrogens is 228 g/mol. The molecule has 5 nitrogen and oxygen atoms in total. The summed E-state index contributed by atoms with van der Waals surface area (Å²) in [7, 11) is 1.91. The first kappa shape index (κ1) is 13.1. The molecule has 1 aliphatic heterocycles. The molecule has 1 aliphatic rings. The molecule has 0 aromatic carbocycles. The van der Waals surface area contributed by atoms with E-state index in [0.29, 0.717) is 0 Å². The van der Waals surface area contributed by atoms with E-state index in [4.69, 9.17) is 0 Å². The topological polar surface area (TPSA) is 59.0 Å². The zero-order valence-electron chi connectivity index (χ0n) is 11.5. The van der Waals surface area contributed by atoms with Gasteiger partial charge in [-0.3, -0.25) is 9.48 Å². The van der Waals surface area contributed by atoms with Gasteiger partial charge in [-0.2, -0.15) is 5.10 Å². The van der Waals surface area contributed by atoms with Crippen molar-refractivity contribution in [3.05, 3.63) is 17.5 Å². The summed E-state index contributed by atoms with van der Waals surface area (Å²) in [5.41, 5.74) is 2.19. The van der Waals surface area contributed by atoms with E-state index in [1.165, 1.54) is 0 Å². The lowest BCUT2D eigenvalue weighted by molar-refractivity contribution is -0.125. The maximum atomic E-state index is 12.2. The van der Waals surface area contributed by atoms with Crippen LogP contribution in [0.2, 0.25) is 0 Å². The van der Waals surface area contributed by atoms with E-state index >= 15 is 0 Å². The van der Waals surface area contributed by atoms with E-state index in [1.54, 1.807) is 0 Å². The number of amides is 1. The van der Waals surface area contributed by atoms with Gasteiger partial charge in [0.1, 0.15) is 0 Å². The molecule has 3 unspecified atom stereocenters. The first-order valence-corrected chi connectivity index (χ1v) is 6.53. The minimum atomic E-state index is 0.0130. The number of nitrogens with one attached hydrogen (secondary N) is 2. The summed E-state index contributed by atoms with van der Waals surface area (Å²) in [6.45, 7) is 7.02. The largest absolute Gasteiger partial charge is 0.349 e. The Labute approximate surface area is 108 Å². The standard InChI is InChI=1S/C13H22N4O/c1-8-11(5-6-14-8)13(18)16-9(2)12-7-15-17(4)10(12)3/h7-9,11,14H,5-6H2,1-4H3,(H,16,18). The minimum Gasteiger partial charge on any atom is -0.349 e. The van der Waals surface area contributed by atoms with E-state index in [1.807, 2.05) is 31.8 Å². The fraction of sp³-hybridized carbons (Fsp3) is 0.692. The van der Waals surface area contributed by atoms with Crippen molar-refractivity contribution < 1.29 is 4.79 Å². The van der Waals surface area contributed by atoms with Crippen molar-refractivity contribution in [2.75, 3.05) is 6.54 Å². The summed E-state index contributed by atoms with van der Waals surface area (Å²) in [4.78, 5) is 12.2. The molecule has 3 atom stereocenters. The SMILES string of the molecule is Cc1c(C(C)NC(=O)C2CCNC2C)cnn1C. The van der Waals surface area contributed by atoms with Crippen LogP contribution in [-0.4, -0.2) is 28.3 Å². The van der Waals surface area contributed by atoms with Gasteiger partial charge in [0.25, 0.3) is 0 Å². The van der Waals surface area contributed by atoms with Gasteiger partial charge in [-0.25, -0.2) is 0 Å². The van der Waals surface area contributed by atoms with Crippen molar-refractivity contribution in [3.63, 3.8) is 0 Å². The summed E-state index contributed by atoms with van der Waals surface area (Å²) in [6.07, 6.45) is 2.75. The van der Waals surface area contributed by atoms with Gasteiger partial charge >= 0.3 is 0 Å². The summed E-state index contributed by atoms with van der Waals surface area (Å²) in [5, 5.41) is 10.6. The molecule has 2 heterocycles. The highest BCUT2D eigenvalue weighted by Gasteiger charge is 2.30. The molecule has 0 saturated carbocycles. The highest BCUT2D eigenvalue weighted by Crippen LogP contribution is 2.19. The molecule has 18 heavy (non-hydrogen) atoms. The number of carbonyl (C=O) groups excluding carboxylic acids is 1. The summed E-state index contributed by atoms with van der Waals surface area (Å²) >= 11 is 0. The highest BCUT2D eigenvalue weighted by molar-refractivity contribution is 5.80. The Bertz CT molecular complexity index is 440. The molecule has 5 heteroatoms. The van der Waals surface area contributed by atoms with Crippen LogP contribution in [0.15, 0.2) is 6.20 Å². The monoisotopic (exact) mass is 250 g/mol. The number of hydrogen-bond acceptors (Lipinski definition) is 3. The van der Waals surface area contributed by atoms with E-state index in [-0.39, 0.29) is 23.9 Å². The first-order chi connectivity index (χ1) is 8.50. The molecule has 1 saturated heterocycles. The number of nitrogens with zero attached hydrogens (tertiary/aromatic N) is 2. The Morgan fingerprint density at radius 2 is 2.39 bits per heavy atom. The van der Waals surface area contributed by atoms with Gasteiger partial charge in [0.2, 0.25) is 5.91 Å². The van der Waals surface area contributed by atoms with Crippen molar-refractivity contribution in [1.29, 1.82) is 0 Å². The molecule has 1 aromatic rings. The van der Waals surface area contributed by atoms with Gasteiger partial charge in [-0.1, -0.05) is 0 Å².